The zero-order chi connectivity index (χ0) is 25.6. The summed E-state index contributed by atoms with van der Waals surface area (Å²) in [5.41, 5.74) is 1.95. The molecule has 0 unspecified atom stereocenters. The average molecular weight is 505 g/mol. The van der Waals surface area contributed by atoms with Crippen molar-refractivity contribution in [2.24, 2.45) is 0 Å². The lowest BCUT2D eigenvalue weighted by molar-refractivity contribution is -0.141. The Labute approximate surface area is 219 Å². The Morgan fingerprint density at radius 1 is 0.944 bits per heavy atom. The molecule has 36 heavy (non-hydrogen) atoms. The Morgan fingerprint density at radius 3 is 2.33 bits per heavy atom. The molecule has 0 bridgehead atoms. The van der Waals surface area contributed by atoms with Gasteiger partial charge in [-0.05, 0) is 41.8 Å². The lowest BCUT2D eigenvalue weighted by Crippen LogP contribution is -2.50. The number of carbonyl (C=O) groups excluding carboxylic acids is 2. The van der Waals surface area contributed by atoms with Gasteiger partial charge in [-0.15, -0.1) is 11.8 Å². The Hall–Kier alpha value is -3.25. The van der Waals surface area contributed by atoms with E-state index in [-0.39, 0.29) is 11.8 Å². The second-order valence-corrected chi connectivity index (χ2v) is 9.80. The molecule has 0 aliphatic heterocycles. The summed E-state index contributed by atoms with van der Waals surface area (Å²) in [6, 6.07) is 27.0. The third-order valence-electron chi connectivity index (χ3n) is 5.92. The number of hydrogen-bond donors (Lipinski definition) is 1. The van der Waals surface area contributed by atoms with E-state index < -0.39 is 6.04 Å². The summed E-state index contributed by atoms with van der Waals surface area (Å²) in [6.07, 6.45) is 2.70. The van der Waals surface area contributed by atoms with Gasteiger partial charge < -0.3 is 15.0 Å². The number of hydrogen-bond acceptors (Lipinski definition) is 4. The number of benzene rings is 3. The minimum atomic E-state index is -0.607. The number of ether oxygens (including phenoxy) is 1. The second-order valence-electron chi connectivity index (χ2n) is 8.63. The van der Waals surface area contributed by atoms with Crippen LogP contribution < -0.4 is 10.1 Å². The van der Waals surface area contributed by atoms with Crippen LogP contribution in [0, 0.1) is 0 Å². The predicted molar refractivity (Wildman–Crippen MR) is 147 cm³/mol. The number of nitrogens with zero attached hydrogens (tertiary/aromatic N) is 1. The van der Waals surface area contributed by atoms with E-state index in [2.05, 4.69) is 12.2 Å². The monoisotopic (exact) mass is 504 g/mol. The van der Waals surface area contributed by atoms with Gasteiger partial charge in [-0.1, -0.05) is 74.0 Å². The highest BCUT2D eigenvalue weighted by atomic mass is 32.2. The molecule has 5 nitrogen and oxygen atoms in total. The van der Waals surface area contributed by atoms with Crippen LogP contribution in [-0.2, 0) is 22.6 Å². The highest BCUT2D eigenvalue weighted by Gasteiger charge is 2.30. The summed E-state index contributed by atoms with van der Waals surface area (Å²) in [7, 11) is 1.63. The molecular weight excluding hydrogens is 468 g/mol. The minimum absolute atomic E-state index is 0.0344. The number of rotatable bonds is 14. The van der Waals surface area contributed by atoms with Gasteiger partial charge in [-0.25, -0.2) is 0 Å². The zero-order valence-corrected chi connectivity index (χ0v) is 22.0. The standard InChI is InChI=1S/C30H36N2O3S/c1-3-4-19-31-30(34)28(22-24-12-7-5-8-13-24)32(23-25-14-11-15-26(21-25)35-2)29(33)18-20-36-27-16-9-6-10-17-27/h5-17,21,28H,3-4,18-20,22-23H2,1-2H3,(H,31,34)/t28-/m1/s1. The van der Waals surface area contributed by atoms with Crippen molar-refractivity contribution in [1.82, 2.24) is 10.2 Å². The van der Waals surface area contributed by atoms with E-state index in [9.17, 15) is 9.59 Å². The first-order chi connectivity index (χ1) is 17.6. The van der Waals surface area contributed by atoms with E-state index in [1.165, 1.54) is 0 Å². The third kappa shape index (κ3) is 8.76. The molecule has 0 spiro atoms. The highest BCUT2D eigenvalue weighted by Crippen LogP contribution is 2.22. The summed E-state index contributed by atoms with van der Waals surface area (Å²) in [5, 5.41) is 3.07. The first kappa shape index (κ1) is 27.3. The Morgan fingerprint density at radius 2 is 1.64 bits per heavy atom. The topological polar surface area (TPSA) is 58.6 Å². The van der Waals surface area contributed by atoms with E-state index in [1.807, 2.05) is 84.9 Å². The van der Waals surface area contributed by atoms with Crippen LogP contribution in [0.4, 0.5) is 0 Å². The van der Waals surface area contributed by atoms with Gasteiger partial charge in [-0.3, -0.25) is 9.59 Å². The third-order valence-corrected chi connectivity index (χ3v) is 6.93. The summed E-state index contributed by atoms with van der Waals surface area (Å²) >= 11 is 1.65. The zero-order valence-electron chi connectivity index (χ0n) is 21.2. The maximum Gasteiger partial charge on any atom is 0.243 e. The molecule has 0 saturated heterocycles. The first-order valence-electron chi connectivity index (χ1n) is 12.5. The second kappa shape index (κ2) is 15.0. The summed E-state index contributed by atoms with van der Waals surface area (Å²) in [4.78, 5) is 30.0. The molecule has 3 rings (SSSR count). The van der Waals surface area contributed by atoms with Gasteiger partial charge >= 0.3 is 0 Å². The Bertz CT molecular complexity index is 1080. The van der Waals surface area contributed by atoms with Crippen LogP contribution in [0.2, 0.25) is 0 Å². The predicted octanol–water partition coefficient (Wildman–Crippen LogP) is 5.73. The lowest BCUT2D eigenvalue weighted by atomic mass is 10.0. The molecule has 0 fully saturated rings. The maximum absolute atomic E-state index is 13.7. The molecule has 3 aromatic rings. The quantitative estimate of drug-likeness (QED) is 0.225. The summed E-state index contributed by atoms with van der Waals surface area (Å²) in [6.45, 7) is 3.03. The van der Waals surface area contributed by atoms with Gasteiger partial charge in [0.15, 0.2) is 0 Å². The van der Waals surface area contributed by atoms with E-state index in [0.29, 0.717) is 31.7 Å². The molecule has 0 aliphatic carbocycles. The molecule has 0 radical (unpaired) electrons. The number of nitrogens with one attached hydrogen (secondary N) is 1. The van der Waals surface area contributed by atoms with E-state index in [4.69, 9.17) is 4.74 Å². The van der Waals surface area contributed by atoms with Gasteiger partial charge in [0.2, 0.25) is 11.8 Å². The largest absolute Gasteiger partial charge is 0.497 e. The van der Waals surface area contributed by atoms with Gasteiger partial charge in [0.25, 0.3) is 0 Å². The van der Waals surface area contributed by atoms with Crippen LogP contribution >= 0.6 is 11.8 Å². The summed E-state index contributed by atoms with van der Waals surface area (Å²) in [5.74, 6) is 1.23. The van der Waals surface area contributed by atoms with E-state index >= 15 is 0 Å². The van der Waals surface area contributed by atoms with Crippen molar-refractivity contribution in [3.63, 3.8) is 0 Å². The molecular formula is C30H36N2O3S. The SMILES string of the molecule is CCCCNC(=O)[C@@H](Cc1ccccc1)N(Cc1cccc(OC)c1)C(=O)CCSc1ccccc1. The van der Waals surface area contributed by atoms with Crippen molar-refractivity contribution in [3.8, 4) is 5.75 Å². The van der Waals surface area contributed by atoms with Crippen LogP contribution in [0.3, 0.4) is 0 Å². The lowest BCUT2D eigenvalue weighted by Gasteiger charge is -2.31. The summed E-state index contributed by atoms with van der Waals surface area (Å²) < 4.78 is 5.39. The smallest absolute Gasteiger partial charge is 0.243 e. The molecule has 0 aliphatic rings. The molecule has 0 aromatic heterocycles. The van der Waals surface area contributed by atoms with Crippen molar-refractivity contribution >= 4 is 23.6 Å². The molecule has 1 atom stereocenters. The Kier molecular flexibility index (Phi) is 11.4. The Balaban J connectivity index is 1.84. The fourth-order valence-corrected chi connectivity index (χ4v) is 4.81. The number of unbranched alkanes of at least 4 members (excludes halogenated alkanes) is 1. The van der Waals surface area contributed by atoms with E-state index in [1.54, 1.807) is 23.8 Å². The first-order valence-corrected chi connectivity index (χ1v) is 13.5. The highest BCUT2D eigenvalue weighted by molar-refractivity contribution is 7.99. The fraction of sp³-hybridized carbons (Fsp3) is 0.333. The maximum atomic E-state index is 13.7. The van der Waals surface area contributed by atoms with Crippen molar-refractivity contribution < 1.29 is 14.3 Å². The van der Waals surface area contributed by atoms with Crippen molar-refractivity contribution in [1.29, 1.82) is 0 Å². The minimum Gasteiger partial charge on any atom is -0.497 e. The fourth-order valence-electron chi connectivity index (χ4n) is 3.94. The van der Waals surface area contributed by atoms with Crippen LogP contribution in [0.1, 0.15) is 37.3 Å². The molecule has 1 N–H and O–H groups in total. The number of methoxy groups -OCH3 is 1. The average Bonchev–Trinajstić information content (AvgIpc) is 2.92. The molecule has 0 saturated carbocycles. The van der Waals surface area contributed by atoms with Crippen LogP contribution in [0.15, 0.2) is 89.8 Å². The normalized spacial score (nSPS) is 11.5. The number of amides is 2. The van der Waals surface area contributed by atoms with E-state index in [0.717, 1.165) is 34.6 Å². The number of thioether (sulfide) groups is 1. The molecule has 2 amide bonds. The van der Waals surface area contributed by atoms with Crippen LogP contribution in [0.25, 0.3) is 0 Å². The molecule has 0 heterocycles. The molecule has 190 valence electrons. The van der Waals surface area contributed by atoms with Gasteiger partial charge in [0, 0.05) is 36.6 Å². The van der Waals surface area contributed by atoms with Gasteiger partial charge in [0.05, 0.1) is 7.11 Å². The van der Waals surface area contributed by atoms with Crippen molar-refractivity contribution in [2.75, 3.05) is 19.4 Å². The van der Waals surface area contributed by atoms with Crippen LogP contribution in [-0.4, -0.2) is 42.2 Å². The van der Waals surface area contributed by atoms with Gasteiger partial charge in [0.1, 0.15) is 11.8 Å². The molecule has 6 heteroatoms. The number of carbonyl (C=O) groups is 2. The van der Waals surface area contributed by atoms with Crippen molar-refractivity contribution in [2.45, 2.75) is 50.1 Å². The van der Waals surface area contributed by atoms with Crippen LogP contribution in [0.5, 0.6) is 5.75 Å². The van der Waals surface area contributed by atoms with Crippen molar-refractivity contribution in [3.05, 3.63) is 96.1 Å². The molecule has 3 aromatic carbocycles. The van der Waals surface area contributed by atoms with Gasteiger partial charge in [-0.2, -0.15) is 0 Å².